The molecule has 2 rings (SSSR count). The maximum atomic E-state index is 12.8. The van der Waals surface area contributed by atoms with E-state index in [2.05, 4.69) is 9.59 Å². The minimum Gasteiger partial charge on any atom is -0.335 e. The minimum absolute atomic E-state index is 0.0801. The second-order valence-electron chi connectivity index (χ2n) is 5.73. The molecule has 1 aliphatic rings. The largest absolute Gasteiger partial charge is 0.335 e. The van der Waals surface area contributed by atoms with Gasteiger partial charge in [-0.2, -0.15) is 0 Å². The van der Waals surface area contributed by atoms with Crippen molar-refractivity contribution in [1.29, 1.82) is 0 Å². The van der Waals surface area contributed by atoms with Crippen LogP contribution in [0.2, 0.25) is 0 Å². The number of amides is 1. The molecule has 0 aromatic carbocycles. The van der Waals surface area contributed by atoms with Crippen LogP contribution in [-0.2, 0) is 0 Å². The summed E-state index contributed by atoms with van der Waals surface area (Å²) in [5, 5.41) is 4.12. The number of hydrogen-bond acceptors (Lipinski definition) is 5. The average molecular weight is 296 g/mol. The van der Waals surface area contributed by atoms with Gasteiger partial charge in [-0.05, 0) is 49.7 Å². The number of hydrogen-bond donors (Lipinski definition) is 1. The smallest absolute Gasteiger partial charge is 0.267 e. The Morgan fingerprint density at radius 1 is 1.50 bits per heavy atom. The molecule has 1 heterocycles. The van der Waals surface area contributed by atoms with Crippen molar-refractivity contribution in [2.45, 2.75) is 52.0 Å². The van der Waals surface area contributed by atoms with Crippen LogP contribution in [0.4, 0.5) is 0 Å². The van der Waals surface area contributed by atoms with Crippen molar-refractivity contribution in [2.75, 3.05) is 13.1 Å². The van der Waals surface area contributed by atoms with Gasteiger partial charge in [0, 0.05) is 12.6 Å². The van der Waals surface area contributed by atoms with Gasteiger partial charge in [0.1, 0.15) is 4.88 Å². The van der Waals surface area contributed by atoms with Gasteiger partial charge >= 0.3 is 0 Å². The Bertz CT molecular complexity index is 460. The molecule has 0 aliphatic heterocycles. The summed E-state index contributed by atoms with van der Waals surface area (Å²) in [6, 6.07) is 0.277. The summed E-state index contributed by atoms with van der Waals surface area (Å²) in [6.07, 6.45) is 3.35. The molecule has 0 radical (unpaired) electrons. The Morgan fingerprint density at radius 2 is 2.25 bits per heavy atom. The summed E-state index contributed by atoms with van der Waals surface area (Å²) in [5.74, 6) is 0.735. The van der Waals surface area contributed by atoms with E-state index in [1.54, 1.807) is 0 Å². The fraction of sp³-hybridized carbons (Fsp3) is 0.786. The van der Waals surface area contributed by atoms with Crippen molar-refractivity contribution in [3.8, 4) is 0 Å². The lowest BCUT2D eigenvalue weighted by atomic mass is 10.0. The molecule has 1 aromatic heterocycles. The first kappa shape index (κ1) is 15.4. The van der Waals surface area contributed by atoms with E-state index in [0.29, 0.717) is 17.3 Å². The van der Waals surface area contributed by atoms with E-state index in [1.165, 1.54) is 11.5 Å². The van der Waals surface area contributed by atoms with Crippen LogP contribution in [0.5, 0.6) is 0 Å². The molecule has 20 heavy (non-hydrogen) atoms. The highest BCUT2D eigenvalue weighted by molar-refractivity contribution is 7.08. The summed E-state index contributed by atoms with van der Waals surface area (Å²) in [4.78, 5) is 15.5. The van der Waals surface area contributed by atoms with E-state index in [9.17, 15) is 4.79 Å². The third-order valence-corrected chi connectivity index (χ3v) is 4.91. The lowest BCUT2D eigenvalue weighted by Gasteiger charge is -2.31. The van der Waals surface area contributed by atoms with Crippen molar-refractivity contribution < 1.29 is 4.79 Å². The fourth-order valence-electron chi connectivity index (χ4n) is 3.09. The molecule has 1 amide bonds. The summed E-state index contributed by atoms with van der Waals surface area (Å²) >= 11 is 1.21. The molecule has 1 aromatic rings. The fourth-order valence-corrected chi connectivity index (χ4v) is 3.86. The van der Waals surface area contributed by atoms with Gasteiger partial charge in [-0.25, -0.2) is 0 Å². The first-order chi connectivity index (χ1) is 9.60. The van der Waals surface area contributed by atoms with Crippen LogP contribution in [0.3, 0.4) is 0 Å². The third kappa shape index (κ3) is 2.86. The van der Waals surface area contributed by atoms with Gasteiger partial charge in [0.05, 0.1) is 5.69 Å². The van der Waals surface area contributed by atoms with Gasteiger partial charge in [-0.15, -0.1) is 5.10 Å². The van der Waals surface area contributed by atoms with E-state index in [4.69, 9.17) is 5.73 Å². The van der Waals surface area contributed by atoms with Crippen LogP contribution in [0.1, 0.15) is 61.3 Å². The van der Waals surface area contributed by atoms with Gasteiger partial charge in [0.15, 0.2) is 0 Å². The number of carbonyl (C=O) groups is 1. The van der Waals surface area contributed by atoms with Crippen molar-refractivity contribution in [2.24, 2.45) is 11.7 Å². The lowest BCUT2D eigenvalue weighted by Crippen LogP contribution is -2.44. The number of nitrogens with two attached hydrogens (primary N) is 1. The van der Waals surface area contributed by atoms with Gasteiger partial charge < -0.3 is 10.6 Å². The zero-order valence-electron chi connectivity index (χ0n) is 12.5. The van der Waals surface area contributed by atoms with Crippen LogP contribution < -0.4 is 5.73 Å². The summed E-state index contributed by atoms with van der Waals surface area (Å²) in [7, 11) is 0. The number of aromatic nitrogens is 2. The molecule has 0 saturated heterocycles. The highest BCUT2D eigenvalue weighted by Gasteiger charge is 2.35. The number of carbonyl (C=O) groups excluding carboxylic acids is 1. The molecule has 2 atom stereocenters. The number of rotatable bonds is 5. The maximum absolute atomic E-state index is 12.8. The van der Waals surface area contributed by atoms with Crippen LogP contribution >= 0.6 is 11.5 Å². The Labute approximate surface area is 124 Å². The topological polar surface area (TPSA) is 72.1 Å². The SMILES string of the molecule is CCN(C(=O)c1snnc1C(C)C)C1CCCC1CN. The molecule has 1 aliphatic carbocycles. The Morgan fingerprint density at radius 3 is 2.85 bits per heavy atom. The van der Waals surface area contributed by atoms with Crippen LogP contribution in [0.15, 0.2) is 0 Å². The zero-order valence-corrected chi connectivity index (χ0v) is 13.3. The van der Waals surface area contributed by atoms with Crippen LogP contribution in [0, 0.1) is 5.92 Å². The molecular weight excluding hydrogens is 272 g/mol. The molecule has 0 bridgehead atoms. The molecule has 5 nitrogen and oxygen atoms in total. The van der Waals surface area contributed by atoms with Gasteiger partial charge in [-0.1, -0.05) is 24.8 Å². The van der Waals surface area contributed by atoms with Gasteiger partial charge in [0.25, 0.3) is 5.91 Å². The highest BCUT2D eigenvalue weighted by atomic mass is 32.1. The zero-order chi connectivity index (χ0) is 14.7. The van der Waals surface area contributed by atoms with Crippen molar-refractivity contribution in [3.63, 3.8) is 0 Å². The molecule has 2 N–H and O–H groups in total. The maximum Gasteiger partial charge on any atom is 0.267 e. The highest BCUT2D eigenvalue weighted by Crippen LogP contribution is 2.31. The van der Waals surface area contributed by atoms with Gasteiger partial charge in [-0.3, -0.25) is 4.79 Å². The van der Waals surface area contributed by atoms with Crippen LogP contribution in [-0.4, -0.2) is 39.5 Å². The molecule has 0 spiro atoms. The van der Waals surface area contributed by atoms with Crippen LogP contribution in [0.25, 0.3) is 0 Å². The molecule has 6 heteroatoms. The number of nitrogens with zero attached hydrogens (tertiary/aromatic N) is 3. The lowest BCUT2D eigenvalue weighted by molar-refractivity contribution is 0.0655. The third-order valence-electron chi connectivity index (χ3n) is 4.18. The second-order valence-corrected chi connectivity index (χ2v) is 6.48. The van der Waals surface area contributed by atoms with E-state index in [1.807, 2.05) is 25.7 Å². The van der Waals surface area contributed by atoms with E-state index in [0.717, 1.165) is 31.5 Å². The van der Waals surface area contributed by atoms with Crippen molar-refractivity contribution in [1.82, 2.24) is 14.5 Å². The van der Waals surface area contributed by atoms with Gasteiger partial charge in [0.2, 0.25) is 0 Å². The Kier molecular flexibility index (Phi) is 5.10. The van der Waals surface area contributed by atoms with E-state index >= 15 is 0 Å². The molecule has 1 fully saturated rings. The normalized spacial score (nSPS) is 22.4. The van der Waals surface area contributed by atoms with Crippen molar-refractivity contribution >= 4 is 17.4 Å². The summed E-state index contributed by atoms with van der Waals surface area (Å²) in [6.45, 7) is 7.50. The minimum atomic E-state index is 0.0801. The monoisotopic (exact) mass is 296 g/mol. The predicted molar refractivity (Wildman–Crippen MR) is 80.9 cm³/mol. The summed E-state index contributed by atoms with van der Waals surface area (Å²) in [5.41, 5.74) is 6.67. The van der Waals surface area contributed by atoms with Crippen molar-refractivity contribution in [3.05, 3.63) is 10.6 Å². The molecular formula is C14H24N4OS. The van der Waals surface area contributed by atoms with E-state index < -0.39 is 0 Å². The summed E-state index contributed by atoms with van der Waals surface area (Å²) < 4.78 is 3.97. The predicted octanol–water partition coefficient (Wildman–Crippen LogP) is 2.25. The second kappa shape index (κ2) is 6.63. The average Bonchev–Trinajstić information content (AvgIpc) is 3.08. The quantitative estimate of drug-likeness (QED) is 0.904. The van der Waals surface area contributed by atoms with E-state index in [-0.39, 0.29) is 17.9 Å². The molecule has 2 unspecified atom stereocenters. The Balaban J connectivity index is 2.23. The first-order valence-electron chi connectivity index (χ1n) is 7.43. The molecule has 112 valence electrons. The first-order valence-corrected chi connectivity index (χ1v) is 8.20. The standard InChI is InChI=1S/C14H24N4OS/c1-4-18(11-7-5-6-10(11)8-15)14(19)13-12(9(2)3)16-17-20-13/h9-11H,4-8,15H2,1-3H3. The molecule has 1 saturated carbocycles. The Hall–Kier alpha value is -1.01.